The van der Waals surface area contributed by atoms with Crippen molar-refractivity contribution in [3.05, 3.63) is 0 Å². The first-order valence-electron chi connectivity index (χ1n) is 2.78. The average Bonchev–Trinajstić information content (AvgIpc) is 1.66. The van der Waals surface area contributed by atoms with E-state index in [-0.39, 0.29) is 0 Å². The molecule has 2 nitrogen and oxygen atoms in total. The summed E-state index contributed by atoms with van der Waals surface area (Å²) >= 11 is 0. The summed E-state index contributed by atoms with van der Waals surface area (Å²) in [6.07, 6.45) is 2.59. The minimum atomic E-state index is 0.564. The fourth-order valence-corrected chi connectivity index (χ4v) is 0.340. The standard InChI is InChI=1S/C6H11NO/c1-6(2)3-4-8-5-7/h6H,3-4H2,1-2H3. The Morgan fingerprint density at radius 2 is 2.25 bits per heavy atom. The lowest BCUT2D eigenvalue weighted by molar-refractivity contribution is 0.248. The SMILES string of the molecule is CC(C)CCOC#N. The van der Waals surface area contributed by atoms with Crippen LogP contribution in [-0.2, 0) is 4.74 Å². The van der Waals surface area contributed by atoms with Crippen molar-refractivity contribution in [3.8, 4) is 6.26 Å². The third kappa shape index (κ3) is 5.29. The zero-order valence-corrected chi connectivity index (χ0v) is 5.35. The van der Waals surface area contributed by atoms with Crippen LogP contribution >= 0.6 is 0 Å². The minimum absolute atomic E-state index is 0.564. The lowest BCUT2D eigenvalue weighted by Crippen LogP contribution is -1.93. The Hall–Kier alpha value is -0.710. The smallest absolute Gasteiger partial charge is 0.286 e. The predicted molar refractivity (Wildman–Crippen MR) is 31.0 cm³/mol. The Kier molecular flexibility index (Phi) is 4.05. The first-order valence-corrected chi connectivity index (χ1v) is 2.78. The van der Waals surface area contributed by atoms with Crippen LogP contribution in [0.2, 0.25) is 0 Å². The fraction of sp³-hybridized carbons (Fsp3) is 0.833. The number of ether oxygens (including phenoxy) is 1. The van der Waals surface area contributed by atoms with E-state index in [1.165, 1.54) is 0 Å². The van der Waals surface area contributed by atoms with Crippen LogP contribution in [0.3, 0.4) is 0 Å². The monoisotopic (exact) mass is 113 g/mol. The molecule has 0 rings (SSSR count). The van der Waals surface area contributed by atoms with E-state index in [0.717, 1.165) is 6.42 Å². The molecule has 0 heterocycles. The molecule has 0 aliphatic carbocycles. The van der Waals surface area contributed by atoms with Gasteiger partial charge in [0.25, 0.3) is 6.26 Å². The summed E-state index contributed by atoms with van der Waals surface area (Å²) in [6.45, 7) is 4.76. The van der Waals surface area contributed by atoms with Crippen LogP contribution in [0.5, 0.6) is 0 Å². The molecule has 0 saturated heterocycles. The number of hydrogen-bond acceptors (Lipinski definition) is 2. The van der Waals surface area contributed by atoms with Gasteiger partial charge in [-0.15, -0.1) is 0 Å². The van der Waals surface area contributed by atoms with Gasteiger partial charge in [-0.25, -0.2) is 0 Å². The quantitative estimate of drug-likeness (QED) is 0.410. The third-order valence-electron chi connectivity index (χ3n) is 0.862. The van der Waals surface area contributed by atoms with Gasteiger partial charge in [-0.2, -0.15) is 5.26 Å². The topological polar surface area (TPSA) is 33.0 Å². The Morgan fingerprint density at radius 3 is 2.62 bits per heavy atom. The maximum absolute atomic E-state index is 7.91. The lowest BCUT2D eigenvalue weighted by atomic mass is 10.1. The molecule has 0 radical (unpaired) electrons. The predicted octanol–water partition coefficient (Wildman–Crippen LogP) is 1.53. The molecule has 0 aromatic rings. The van der Waals surface area contributed by atoms with E-state index in [1.54, 1.807) is 6.26 Å². The highest BCUT2D eigenvalue weighted by molar-refractivity contribution is 4.49. The summed E-state index contributed by atoms with van der Waals surface area (Å²) in [5.41, 5.74) is 0. The van der Waals surface area contributed by atoms with Gasteiger partial charge in [-0.05, 0) is 12.3 Å². The minimum Gasteiger partial charge on any atom is -0.428 e. The van der Waals surface area contributed by atoms with Crippen molar-refractivity contribution in [1.29, 1.82) is 5.26 Å². The number of rotatable bonds is 3. The van der Waals surface area contributed by atoms with Crippen molar-refractivity contribution in [2.24, 2.45) is 5.92 Å². The summed E-state index contributed by atoms with van der Waals surface area (Å²) < 4.78 is 4.45. The Balaban J connectivity index is 2.85. The molecule has 0 amide bonds. The highest BCUT2D eigenvalue weighted by Gasteiger charge is 1.91. The Morgan fingerprint density at radius 1 is 1.62 bits per heavy atom. The van der Waals surface area contributed by atoms with Crippen LogP contribution in [0.15, 0.2) is 0 Å². The Labute approximate surface area is 50.1 Å². The van der Waals surface area contributed by atoms with Gasteiger partial charge >= 0.3 is 0 Å². The zero-order chi connectivity index (χ0) is 6.41. The van der Waals surface area contributed by atoms with Gasteiger partial charge in [-0.3, -0.25) is 0 Å². The molecule has 46 valence electrons. The van der Waals surface area contributed by atoms with Crippen LogP contribution in [0, 0.1) is 17.4 Å². The Bertz CT molecular complexity index is 83.0. The first-order chi connectivity index (χ1) is 3.77. The number of nitrogens with zero attached hydrogens (tertiary/aromatic N) is 1. The molecule has 0 saturated carbocycles. The van der Waals surface area contributed by atoms with Crippen molar-refractivity contribution in [2.75, 3.05) is 6.61 Å². The molecule has 0 bridgehead atoms. The first kappa shape index (κ1) is 7.29. The van der Waals surface area contributed by atoms with Crippen LogP contribution in [0.25, 0.3) is 0 Å². The van der Waals surface area contributed by atoms with Gasteiger partial charge in [0.1, 0.15) is 6.61 Å². The van der Waals surface area contributed by atoms with E-state index >= 15 is 0 Å². The van der Waals surface area contributed by atoms with E-state index in [9.17, 15) is 0 Å². The molecule has 2 heteroatoms. The van der Waals surface area contributed by atoms with Gasteiger partial charge < -0.3 is 4.74 Å². The van der Waals surface area contributed by atoms with E-state index in [2.05, 4.69) is 18.6 Å². The normalized spacial score (nSPS) is 8.75. The van der Waals surface area contributed by atoms with Crippen LogP contribution in [0.4, 0.5) is 0 Å². The van der Waals surface area contributed by atoms with Crippen LogP contribution in [-0.4, -0.2) is 6.61 Å². The summed E-state index contributed by atoms with van der Waals surface area (Å²) in [4.78, 5) is 0. The van der Waals surface area contributed by atoms with Gasteiger partial charge in [0.15, 0.2) is 0 Å². The average molecular weight is 113 g/mol. The van der Waals surface area contributed by atoms with Crippen LogP contribution in [0.1, 0.15) is 20.3 Å². The molecule has 0 spiro atoms. The van der Waals surface area contributed by atoms with Crippen molar-refractivity contribution in [1.82, 2.24) is 0 Å². The fourth-order valence-electron chi connectivity index (χ4n) is 0.340. The van der Waals surface area contributed by atoms with E-state index in [4.69, 9.17) is 5.26 Å². The molecule has 0 unspecified atom stereocenters. The molecule has 0 aliphatic rings. The molecule has 0 N–H and O–H groups in total. The maximum Gasteiger partial charge on any atom is 0.286 e. The summed E-state index contributed by atoms with van der Waals surface area (Å²) in [5.74, 6) is 0.628. The zero-order valence-electron chi connectivity index (χ0n) is 5.35. The van der Waals surface area contributed by atoms with E-state index in [0.29, 0.717) is 12.5 Å². The summed E-state index contributed by atoms with van der Waals surface area (Å²) in [5, 5.41) is 7.91. The number of nitriles is 1. The second-order valence-corrected chi connectivity index (χ2v) is 2.12. The molecule has 8 heavy (non-hydrogen) atoms. The molecular weight excluding hydrogens is 102 g/mol. The van der Waals surface area contributed by atoms with Crippen LogP contribution < -0.4 is 0 Å². The van der Waals surface area contributed by atoms with Gasteiger partial charge in [-0.1, -0.05) is 13.8 Å². The second kappa shape index (κ2) is 4.45. The lowest BCUT2D eigenvalue weighted by Gasteiger charge is -1.98. The molecule has 0 fully saturated rings. The second-order valence-electron chi connectivity index (χ2n) is 2.12. The van der Waals surface area contributed by atoms with Gasteiger partial charge in [0, 0.05) is 0 Å². The van der Waals surface area contributed by atoms with Crippen molar-refractivity contribution < 1.29 is 4.74 Å². The van der Waals surface area contributed by atoms with Gasteiger partial charge in [0.05, 0.1) is 0 Å². The third-order valence-corrected chi connectivity index (χ3v) is 0.862. The largest absolute Gasteiger partial charge is 0.428 e. The highest BCUT2D eigenvalue weighted by atomic mass is 16.5. The molecule has 0 atom stereocenters. The van der Waals surface area contributed by atoms with Crippen molar-refractivity contribution >= 4 is 0 Å². The molecule has 0 aromatic heterocycles. The highest BCUT2D eigenvalue weighted by Crippen LogP contribution is 1.97. The molecule has 0 aliphatic heterocycles. The van der Waals surface area contributed by atoms with Crippen molar-refractivity contribution in [3.63, 3.8) is 0 Å². The summed E-state index contributed by atoms with van der Waals surface area (Å²) in [6, 6.07) is 0. The van der Waals surface area contributed by atoms with E-state index < -0.39 is 0 Å². The molecule has 0 aromatic carbocycles. The van der Waals surface area contributed by atoms with E-state index in [1.807, 2.05) is 0 Å². The number of hydrogen-bond donors (Lipinski definition) is 0. The molecular formula is C6H11NO. The summed E-state index contributed by atoms with van der Waals surface area (Å²) in [7, 11) is 0. The van der Waals surface area contributed by atoms with Crippen molar-refractivity contribution in [2.45, 2.75) is 20.3 Å². The van der Waals surface area contributed by atoms with Gasteiger partial charge in [0.2, 0.25) is 0 Å². The maximum atomic E-state index is 7.91.